The van der Waals surface area contributed by atoms with Gasteiger partial charge in [0.25, 0.3) is 0 Å². The summed E-state index contributed by atoms with van der Waals surface area (Å²) in [5, 5.41) is 0.568. The number of benzene rings is 1. The van der Waals surface area contributed by atoms with E-state index >= 15 is 0 Å². The SMILES string of the molecule is CCCCc1nc2c(N)ncc(C)c2n1CCCCS(=O)(=O)c1ccc(Cl)cc1Cl. The van der Waals surface area contributed by atoms with Gasteiger partial charge in [0, 0.05) is 24.2 Å². The van der Waals surface area contributed by atoms with Gasteiger partial charge >= 0.3 is 0 Å². The van der Waals surface area contributed by atoms with E-state index in [9.17, 15) is 8.42 Å². The quantitative estimate of drug-likeness (QED) is 0.434. The summed E-state index contributed by atoms with van der Waals surface area (Å²) < 4.78 is 27.5. The maximum absolute atomic E-state index is 12.7. The van der Waals surface area contributed by atoms with Crippen LogP contribution in [0.15, 0.2) is 29.3 Å². The van der Waals surface area contributed by atoms with E-state index in [0.29, 0.717) is 30.2 Å². The van der Waals surface area contributed by atoms with Crippen molar-refractivity contribution >= 4 is 49.9 Å². The van der Waals surface area contributed by atoms with Gasteiger partial charge in [-0.25, -0.2) is 18.4 Å². The topological polar surface area (TPSA) is 90.9 Å². The molecule has 0 fully saturated rings. The first-order chi connectivity index (χ1) is 14.2. The molecule has 0 saturated heterocycles. The maximum atomic E-state index is 12.7. The number of aromatic nitrogens is 3. The van der Waals surface area contributed by atoms with E-state index in [0.717, 1.165) is 41.7 Å². The summed E-state index contributed by atoms with van der Waals surface area (Å²) >= 11 is 12.0. The van der Waals surface area contributed by atoms with E-state index in [4.69, 9.17) is 33.9 Å². The monoisotopic (exact) mass is 468 g/mol. The van der Waals surface area contributed by atoms with Gasteiger partial charge in [-0.05, 0) is 49.9 Å². The fraction of sp³-hybridized carbons (Fsp3) is 0.429. The summed E-state index contributed by atoms with van der Waals surface area (Å²) in [4.78, 5) is 9.08. The first kappa shape index (κ1) is 22.8. The third kappa shape index (κ3) is 4.90. The molecule has 0 spiro atoms. The largest absolute Gasteiger partial charge is 0.382 e. The number of hydrogen-bond donors (Lipinski definition) is 1. The molecule has 0 atom stereocenters. The summed E-state index contributed by atoms with van der Waals surface area (Å²) in [5.41, 5.74) is 8.77. The molecule has 9 heteroatoms. The third-order valence-corrected chi connectivity index (χ3v) is 7.60. The van der Waals surface area contributed by atoms with Crippen molar-refractivity contribution in [1.82, 2.24) is 14.5 Å². The zero-order valence-corrected chi connectivity index (χ0v) is 19.5. The Labute approximate surface area is 187 Å². The Morgan fingerprint density at radius 3 is 2.63 bits per heavy atom. The number of nitrogens with two attached hydrogens (primary N) is 1. The number of fused-ring (bicyclic) bond motifs is 1. The minimum absolute atomic E-state index is 0.0218. The highest BCUT2D eigenvalue weighted by Crippen LogP contribution is 2.27. The van der Waals surface area contributed by atoms with Gasteiger partial charge < -0.3 is 10.3 Å². The normalized spacial score (nSPS) is 12.0. The molecule has 1 aromatic carbocycles. The molecule has 0 saturated carbocycles. The number of anilines is 1. The molecule has 2 N–H and O–H groups in total. The van der Waals surface area contributed by atoms with Crippen LogP contribution in [0, 0.1) is 6.92 Å². The van der Waals surface area contributed by atoms with Gasteiger partial charge in [0.1, 0.15) is 11.3 Å². The number of nitrogen functional groups attached to an aromatic ring is 1. The molecule has 0 aliphatic rings. The van der Waals surface area contributed by atoms with Gasteiger partial charge in [-0.15, -0.1) is 0 Å². The first-order valence-corrected chi connectivity index (χ1v) is 12.4. The Balaban J connectivity index is 1.76. The predicted molar refractivity (Wildman–Crippen MR) is 123 cm³/mol. The van der Waals surface area contributed by atoms with Crippen molar-refractivity contribution in [1.29, 1.82) is 0 Å². The van der Waals surface area contributed by atoms with Crippen LogP contribution in [-0.2, 0) is 22.8 Å². The zero-order valence-electron chi connectivity index (χ0n) is 17.2. The van der Waals surface area contributed by atoms with Crippen LogP contribution in [0.25, 0.3) is 11.0 Å². The smallest absolute Gasteiger partial charge is 0.179 e. The number of sulfone groups is 1. The summed E-state index contributed by atoms with van der Waals surface area (Å²) in [7, 11) is -3.48. The molecular formula is C21H26Cl2N4O2S. The molecule has 0 radical (unpaired) electrons. The number of unbranched alkanes of at least 4 members (excludes halogenated alkanes) is 2. The van der Waals surface area contributed by atoms with E-state index in [1.54, 1.807) is 12.3 Å². The van der Waals surface area contributed by atoms with Crippen molar-refractivity contribution in [3.63, 3.8) is 0 Å². The molecule has 0 aliphatic heterocycles. The molecule has 0 amide bonds. The molecule has 0 unspecified atom stereocenters. The lowest BCUT2D eigenvalue weighted by Crippen LogP contribution is -2.10. The van der Waals surface area contributed by atoms with Crippen molar-refractivity contribution in [2.24, 2.45) is 0 Å². The lowest BCUT2D eigenvalue weighted by atomic mass is 10.2. The molecule has 3 aromatic rings. The van der Waals surface area contributed by atoms with Crippen molar-refractivity contribution in [3.8, 4) is 0 Å². The highest BCUT2D eigenvalue weighted by atomic mass is 35.5. The van der Waals surface area contributed by atoms with Gasteiger partial charge in [0.2, 0.25) is 0 Å². The highest BCUT2D eigenvalue weighted by molar-refractivity contribution is 7.91. The molecule has 0 aliphatic carbocycles. The van der Waals surface area contributed by atoms with Gasteiger partial charge in [0.05, 0.1) is 21.2 Å². The summed E-state index contributed by atoms with van der Waals surface area (Å²) in [6.45, 7) is 4.80. The fourth-order valence-electron chi connectivity index (χ4n) is 3.53. The lowest BCUT2D eigenvalue weighted by Gasteiger charge is -2.11. The molecular weight excluding hydrogens is 443 g/mol. The maximum Gasteiger partial charge on any atom is 0.179 e. The average Bonchev–Trinajstić information content (AvgIpc) is 3.06. The van der Waals surface area contributed by atoms with Gasteiger partial charge in [-0.3, -0.25) is 0 Å². The Morgan fingerprint density at radius 2 is 1.93 bits per heavy atom. The number of nitrogens with zero attached hydrogens (tertiary/aromatic N) is 3. The summed E-state index contributed by atoms with van der Waals surface area (Å²) in [5.74, 6) is 1.42. The van der Waals surface area contributed by atoms with Gasteiger partial charge in [0.15, 0.2) is 15.7 Å². The average molecular weight is 469 g/mol. The molecule has 6 nitrogen and oxygen atoms in total. The minimum Gasteiger partial charge on any atom is -0.382 e. The van der Waals surface area contributed by atoms with Crippen LogP contribution >= 0.6 is 23.2 Å². The van der Waals surface area contributed by atoms with Gasteiger partial charge in [-0.1, -0.05) is 36.5 Å². The van der Waals surface area contributed by atoms with E-state index in [-0.39, 0.29) is 15.7 Å². The van der Waals surface area contributed by atoms with Crippen LogP contribution < -0.4 is 5.73 Å². The Kier molecular flexibility index (Phi) is 7.26. The lowest BCUT2D eigenvalue weighted by molar-refractivity contribution is 0.578. The minimum atomic E-state index is -3.48. The predicted octanol–water partition coefficient (Wildman–Crippen LogP) is 5.23. The first-order valence-electron chi connectivity index (χ1n) is 10.0. The molecule has 3 rings (SSSR count). The molecule has 2 heterocycles. The van der Waals surface area contributed by atoms with Crippen LogP contribution in [0.3, 0.4) is 0 Å². The number of rotatable bonds is 9. The van der Waals surface area contributed by atoms with E-state index in [1.165, 1.54) is 12.1 Å². The highest BCUT2D eigenvalue weighted by Gasteiger charge is 2.19. The number of imidazole rings is 1. The van der Waals surface area contributed by atoms with Crippen molar-refractivity contribution in [2.75, 3.05) is 11.5 Å². The van der Waals surface area contributed by atoms with Crippen LogP contribution in [-0.4, -0.2) is 28.7 Å². The fourth-order valence-corrected chi connectivity index (χ4v) is 5.73. The van der Waals surface area contributed by atoms with E-state index in [2.05, 4.69) is 16.5 Å². The van der Waals surface area contributed by atoms with E-state index in [1.807, 2.05) is 6.92 Å². The Bertz CT molecular complexity index is 1160. The summed E-state index contributed by atoms with van der Waals surface area (Å²) in [6.07, 6.45) is 5.90. The van der Waals surface area contributed by atoms with Crippen molar-refractivity contribution < 1.29 is 8.42 Å². The number of aryl methyl sites for hydroxylation is 3. The third-order valence-electron chi connectivity index (χ3n) is 5.09. The Hall–Kier alpha value is -1.83. The van der Waals surface area contributed by atoms with Crippen LogP contribution in [0.1, 0.15) is 44.0 Å². The molecule has 0 bridgehead atoms. The molecule has 162 valence electrons. The second kappa shape index (κ2) is 9.54. The number of halogens is 2. The Morgan fingerprint density at radius 1 is 1.17 bits per heavy atom. The van der Waals surface area contributed by atoms with Gasteiger partial charge in [-0.2, -0.15) is 0 Å². The van der Waals surface area contributed by atoms with Crippen LogP contribution in [0.4, 0.5) is 5.82 Å². The second-order valence-corrected chi connectivity index (χ2v) is 10.3. The van der Waals surface area contributed by atoms with Crippen LogP contribution in [0.5, 0.6) is 0 Å². The van der Waals surface area contributed by atoms with Crippen LogP contribution in [0.2, 0.25) is 10.0 Å². The van der Waals surface area contributed by atoms with E-state index < -0.39 is 9.84 Å². The molecule has 2 aromatic heterocycles. The number of pyridine rings is 1. The standard InChI is InChI=1S/C21H26Cl2N4O2S/c1-3-4-7-18-26-19-20(14(2)13-25-21(19)24)27(18)10-5-6-11-30(28,29)17-9-8-15(22)12-16(17)23/h8-9,12-13H,3-7,10-11H2,1-2H3,(H2,24,25). The summed E-state index contributed by atoms with van der Waals surface area (Å²) in [6, 6.07) is 4.46. The second-order valence-electron chi connectivity index (χ2n) is 7.41. The van der Waals surface area contributed by atoms with Crippen molar-refractivity contribution in [3.05, 3.63) is 45.8 Å². The zero-order chi connectivity index (χ0) is 21.9. The number of hydrogen-bond acceptors (Lipinski definition) is 5. The van der Waals surface area contributed by atoms with Crippen molar-refractivity contribution in [2.45, 2.75) is 57.4 Å². The molecule has 30 heavy (non-hydrogen) atoms.